The molecular formula is C13H17NO4. The van der Waals surface area contributed by atoms with E-state index >= 15 is 0 Å². The van der Waals surface area contributed by atoms with Crippen molar-refractivity contribution in [2.24, 2.45) is 0 Å². The molecule has 0 N–H and O–H groups in total. The Kier molecular flexibility index (Phi) is 4.83. The number of benzene rings is 1. The molecule has 1 aromatic carbocycles. The lowest BCUT2D eigenvalue weighted by Crippen LogP contribution is -2.12. The molecule has 0 amide bonds. The van der Waals surface area contributed by atoms with Crippen molar-refractivity contribution >= 4 is 11.5 Å². The minimum Gasteiger partial charge on any atom is -0.484 e. The molecule has 0 aliphatic rings. The molecule has 0 saturated carbocycles. The van der Waals surface area contributed by atoms with Gasteiger partial charge in [0.2, 0.25) is 0 Å². The number of ether oxygens (including phenoxy) is 1. The summed E-state index contributed by atoms with van der Waals surface area (Å²) in [5.74, 6) is 0.0113. The predicted octanol–water partition coefficient (Wildman–Crippen LogP) is 3.36. The van der Waals surface area contributed by atoms with Gasteiger partial charge in [0.15, 0.2) is 11.5 Å². The van der Waals surface area contributed by atoms with E-state index in [9.17, 15) is 14.9 Å². The van der Waals surface area contributed by atoms with Crippen LogP contribution in [0.25, 0.3) is 0 Å². The number of carbonyl (C=O) groups excluding carboxylic acids is 1. The Morgan fingerprint density at radius 3 is 2.67 bits per heavy atom. The molecule has 0 aliphatic heterocycles. The second-order valence-corrected chi connectivity index (χ2v) is 4.21. The van der Waals surface area contributed by atoms with E-state index in [0.29, 0.717) is 5.56 Å². The molecule has 0 aliphatic carbocycles. The van der Waals surface area contributed by atoms with Crippen LogP contribution in [0.4, 0.5) is 5.69 Å². The van der Waals surface area contributed by atoms with Crippen LogP contribution in [0, 0.1) is 10.1 Å². The van der Waals surface area contributed by atoms with E-state index < -0.39 is 4.92 Å². The van der Waals surface area contributed by atoms with Gasteiger partial charge in [-0.1, -0.05) is 13.3 Å². The Balaban J connectivity index is 3.04. The first-order valence-corrected chi connectivity index (χ1v) is 5.91. The predicted molar refractivity (Wildman–Crippen MR) is 68.1 cm³/mol. The molecule has 0 saturated heterocycles. The van der Waals surface area contributed by atoms with Crippen molar-refractivity contribution in [1.29, 1.82) is 0 Å². The van der Waals surface area contributed by atoms with Crippen LogP contribution in [0.3, 0.4) is 0 Å². The Hall–Kier alpha value is -1.91. The van der Waals surface area contributed by atoms with E-state index in [1.807, 2.05) is 13.8 Å². The fourth-order valence-corrected chi connectivity index (χ4v) is 1.66. The summed E-state index contributed by atoms with van der Waals surface area (Å²) >= 11 is 0. The lowest BCUT2D eigenvalue weighted by molar-refractivity contribution is -0.386. The lowest BCUT2D eigenvalue weighted by Gasteiger charge is -2.13. The fraction of sp³-hybridized carbons (Fsp3) is 0.462. The van der Waals surface area contributed by atoms with Gasteiger partial charge in [-0.05, 0) is 32.4 Å². The van der Waals surface area contributed by atoms with Crippen LogP contribution in [0.15, 0.2) is 18.2 Å². The van der Waals surface area contributed by atoms with Crippen LogP contribution >= 0.6 is 0 Å². The molecule has 1 aromatic rings. The van der Waals surface area contributed by atoms with Crippen molar-refractivity contribution in [3.63, 3.8) is 0 Å². The topological polar surface area (TPSA) is 69.4 Å². The summed E-state index contributed by atoms with van der Waals surface area (Å²) in [6.07, 6.45) is 1.68. The Bertz CT molecular complexity index is 456. The number of carbonyl (C=O) groups is 1. The first kappa shape index (κ1) is 14.2. The van der Waals surface area contributed by atoms with Crippen molar-refractivity contribution in [1.82, 2.24) is 0 Å². The number of nitro groups is 1. The molecule has 0 heterocycles. The maximum Gasteiger partial charge on any atom is 0.311 e. The minimum atomic E-state index is -0.527. The fourth-order valence-electron chi connectivity index (χ4n) is 1.66. The van der Waals surface area contributed by atoms with Crippen LogP contribution in [-0.4, -0.2) is 16.8 Å². The Morgan fingerprint density at radius 2 is 2.17 bits per heavy atom. The van der Waals surface area contributed by atoms with E-state index in [0.717, 1.165) is 12.8 Å². The monoisotopic (exact) mass is 251 g/mol. The number of ketones is 1. The average Bonchev–Trinajstić information content (AvgIpc) is 2.29. The third kappa shape index (κ3) is 3.55. The summed E-state index contributed by atoms with van der Waals surface area (Å²) in [4.78, 5) is 21.6. The van der Waals surface area contributed by atoms with E-state index in [1.165, 1.54) is 19.1 Å². The minimum absolute atomic E-state index is 0.0862. The van der Waals surface area contributed by atoms with Gasteiger partial charge in [-0.3, -0.25) is 14.9 Å². The van der Waals surface area contributed by atoms with E-state index in [2.05, 4.69) is 0 Å². The molecule has 0 bridgehead atoms. The van der Waals surface area contributed by atoms with Crippen LogP contribution in [-0.2, 0) is 0 Å². The Morgan fingerprint density at radius 1 is 1.50 bits per heavy atom. The van der Waals surface area contributed by atoms with Gasteiger partial charge in [0.05, 0.1) is 11.0 Å². The second kappa shape index (κ2) is 6.14. The average molecular weight is 251 g/mol. The highest BCUT2D eigenvalue weighted by molar-refractivity contribution is 5.95. The van der Waals surface area contributed by atoms with Gasteiger partial charge in [-0.25, -0.2) is 0 Å². The van der Waals surface area contributed by atoms with Crippen LogP contribution in [0.5, 0.6) is 5.75 Å². The highest BCUT2D eigenvalue weighted by Gasteiger charge is 2.19. The molecule has 5 nitrogen and oxygen atoms in total. The van der Waals surface area contributed by atoms with E-state index in [4.69, 9.17) is 4.74 Å². The lowest BCUT2D eigenvalue weighted by atomic mass is 10.1. The molecule has 1 atom stereocenters. The molecule has 1 rings (SSSR count). The molecule has 0 radical (unpaired) electrons. The zero-order chi connectivity index (χ0) is 13.7. The summed E-state index contributed by atoms with van der Waals surface area (Å²) in [6.45, 7) is 5.26. The standard InChI is InChI=1S/C13H17NO4/c1-4-5-9(2)18-13-7-6-11(10(3)15)8-12(13)14(16)17/h6-9H,4-5H2,1-3H3. The third-order valence-corrected chi connectivity index (χ3v) is 2.59. The molecule has 1 unspecified atom stereocenters. The molecule has 18 heavy (non-hydrogen) atoms. The third-order valence-electron chi connectivity index (χ3n) is 2.59. The number of hydrogen-bond donors (Lipinski definition) is 0. The van der Waals surface area contributed by atoms with Gasteiger partial charge in [0, 0.05) is 11.6 Å². The summed E-state index contributed by atoms with van der Waals surface area (Å²) in [5, 5.41) is 11.0. The van der Waals surface area contributed by atoms with Crippen LogP contribution in [0.1, 0.15) is 44.0 Å². The maximum atomic E-state index is 11.2. The SMILES string of the molecule is CCCC(C)Oc1ccc(C(C)=O)cc1[N+](=O)[O-]. The van der Waals surface area contributed by atoms with Gasteiger partial charge in [-0.15, -0.1) is 0 Å². The van der Waals surface area contributed by atoms with Crippen molar-refractivity contribution in [2.45, 2.75) is 39.7 Å². The van der Waals surface area contributed by atoms with Crippen LogP contribution in [0.2, 0.25) is 0 Å². The Labute approximate surface area is 106 Å². The normalized spacial score (nSPS) is 11.9. The van der Waals surface area contributed by atoms with E-state index in [-0.39, 0.29) is 23.3 Å². The van der Waals surface area contributed by atoms with E-state index in [1.54, 1.807) is 6.07 Å². The first-order valence-electron chi connectivity index (χ1n) is 5.91. The second-order valence-electron chi connectivity index (χ2n) is 4.21. The number of hydrogen-bond acceptors (Lipinski definition) is 4. The highest BCUT2D eigenvalue weighted by Crippen LogP contribution is 2.29. The number of Topliss-reactive ketones (excluding diaryl/α,β-unsaturated/α-hetero) is 1. The number of rotatable bonds is 6. The van der Waals surface area contributed by atoms with Gasteiger partial charge >= 0.3 is 5.69 Å². The molecule has 5 heteroatoms. The molecule has 0 aromatic heterocycles. The summed E-state index contributed by atoms with van der Waals surface area (Å²) < 4.78 is 5.53. The largest absolute Gasteiger partial charge is 0.484 e. The maximum absolute atomic E-state index is 11.2. The van der Waals surface area contributed by atoms with Crippen molar-refractivity contribution in [2.75, 3.05) is 0 Å². The van der Waals surface area contributed by atoms with Crippen molar-refractivity contribution in [3.8, 4) is 5.75 Å². The summed E-state index contributed by atoms with van der Waals surface area (Å²) in [7, 11) is 0. The van der Waals surface area contributed by atoms with Gasteiger partial charge in [-0.2, -0.15) is 0 Å². The molecule has 0 fully saturated rings. The highest BCUT2D eigenvalue weighted by atomic mass is 16.6. The van der Waals surface area contributed by atoms with Crippen molar-refractivity contribution < 1.29 is 14.5 Å². The molecular weight excluding hydrogens is 234 g/mol. The first-order chi connectivity index (χ1) is 8.45. The quantitative estimate of drug-likeness (QED) is 0.441. The zero-order valence-electron chi connectivity index (χ0n) is 10.8. The summed E-state index contributed by atoms with van der Waals surface area (Å²) in [6, 6.07) is 4.29. The van der Waals surface area contributed by atoms with Gasteiger partial charge in [0.25, 0.3) is 0 Å². The zero-order valence-corrected chi connectivity index (χ0v) is 10.8. The molecule has 98 valence electrons. The number of nitro benzene ring substituents is 1. The van der Waals surface area contributed by atoms with Gasteiger partial charge in [0.1, 0.15) is 0 Å². The van der Waals surface area contributed by atoms with Crippen LogP contribution < -0.4 is 4.74 Å². The number of nitrogens with zero attached hydrogens (tertiary/aromatic N) is 1. The van der Waals surface area contributed by atoms with Gasteiger partial charge < -0.3 is 4.74 Å². The van der Waals surface area contributed by atoms with Crippen molar-refractivity contribution in [3.05, 3.63) is 33.9 Å². The summed E-state index contributed by atoms with van der Waals surface area (Å²) in [5.41, 5.74) is 0.155. The molecule has 0 spiro atoms. The smallest absolute Gasteiger partial charge is 0.311 e.